The molecule has 2 N–H and O–H groups in total. The standard InChI is InChI=1S/C17H27N3O/c1-14-3-4-16(15(2)13-14)5-6-17(21)19-9-12-20-10-7-18-8-11-20/h3-4,13,18H,5-12H2,1-2H3,(H,19,21). The Balaban J connectivity index is 1.65. The van der Waals surface area contributed by atoms with Crippen LogP contribution in [0.2, 0.25) is 0 Å². The van der Waals surface area contributed by atoms with Crippen molar-refractivity contribution >= 4 is 5.91 Å². The maximum Gasteiger partial charge on any atom is 0.220 e. The predicted molar refractivity (Wildman–Crippen MR) is 86.6 cm³/mol. The van der Waals surface area contributed by atoms with Gasteiger partial charge in [0, 0.05) is 45.7 Å². The van der Waals surface area contributed by atoms with E-state index in [0.717, 1.165) is 45.7 Å². The Labute approximate surface area is 127 Å². The van der Waals surface area contributed by atoms with E-state index in [1.54, 1.807) is 0 Å². The molecule has 1 fully saturated rings. The van der Waals surface area contributed by atoms with Gasteiger partial charge in [-0.1, -0.05) is 23.8 Å². The minimum absolute atomic E-state index is 0.158. The van der Waals surface area contributed by atoms with Gasteiger partial charge in [0.2, 0.25) is 5.91 Å². The first-order valence-electron chi connectivity index (χ1n) is 7.91. The number of hydrogen-bond donors (Lipinski definition) is 2. The van der Waals surface area contributed by atoms with Crippen LogP contribution in [0.4, 0.5) is 0 Å². The van der Waals surface area contributed by atoms with Crippen LogP contribution in [0.15, 0.2) is 18.2 Å². The van der Waals surface area contributed by atoms with E-state index in [2.05, 4.69) is 47.6 Å². The van der Waals surface area contributed by atoms with Gasteiger partial charge in [-0.25, -0.2) is 0 Å². The number of hydrogen-bond acceptors (Lipinski definition) is 3. The minimum atomic E-state index is 0.158. The first-order chi connectivity index (χ1) is 10.1. The number of aryl methyl sites for hydroxylation is 3. The minimum Gasteiger partial charge on any atom is -0.355 e. The van der Waals surface area contributed by atoms with Crippen molar-refractivity contribution < 1.29 is 4.79 Å². The third-order valence-corrected chi connectivity index (χ3v) is 4.08. The Bertz CT molecular complexity index is 467. The van der Waals surface area contributed by atoms with Crippen molar-refractivity contribution in [2.45, 2.75) is 26.7 Å². The van der Waals surface area contributed by atoms with Crippen LogP contribution in [0.3, 0.4) is 0 Å². The van der Waals surface area contributed by atoms with Crippen molar-refractivity contribution in [2.75, 3.05) is 39.3 Å². The number of amides is 1. The van der Waals surface area contributed by atoms with Crippen LogP contribution in [-0.2, 0) is 11.2 Å². The van der Waals surface area contributed by atoms with Gasteiger partial charge in [0.05, 0.1) is 0 Å². The summed E-state index contributed by atoms with van der Waals surface area (Å²) in [5, 5.41) is 6.36. The molecule has 1 amide bonds. The summed E-state index contributed by atoms with van der Waals surface area (Å²) < 4.78 is 0. The summed E-state index contributed by atoms with van der Waals surface area (Å²) in [6.45, 7) is 10.2. The maximum absolute atomic E-state index is 11.9. The van der Waals surface area contributed by atoms with Crippen LogP contribution in [0, 0.1) is 13.8 Å². The van der Waals surface area contributed by atoms with Gasteiger partial charge in [-0.15, -0.1) is 0 Å². The number of nitrogens with zero attached hydrogens (tertiary/aromatic N) is 1. The average Bonchev–Trinajstić information content (AvgIpc) is 2.47. The molecular formula is C17H27N3O. The molecule has 0 saturated carbocycles. The molecule has 1 aliphatic rings. The van der Waals surface area contributed by atoms with Gasteiger partial charge in [0.25, 0.3) is 0 Å². The maximum atomic E-state index is 11.9. The first-order valence-corrected chi connectivity index (χ1v) is 7.91. The molecule has 0 unspecified atom stereocenters. The molecule has 1 aliphatic heterocycles. The summed E-state index contributed by atoms with van der Waals surface area (Å²) >= 11 is 0. The highest BCUT2D eigenvalue weighted by atomic mass is 16.1. The summed E-state index contributed by atoms with van der Waals surface area (Å²) in [6.07, 6.45) is 1.40. The molecule has 1 saturated heterocycles. The number of rotatable bonds is 6. The van der Waals surface area contributed by atoms with Crippen molar-refractivity contribution in [3.8, 4) is 0 Å². The molecule has 21 heavy (non-hydrogen) atoms. The molecule has 0 aromatic heterocycles. The second-order valence-corrected chi connectivity index (χ2v) is 5.87. The molecular weight excluding hydrogens is 262 g/mol. The van der Waals surface area contributed by atoms with Gasteiger partial charge < -0.3 is 10.6 Å². The molecule has 0 radical (unpaired) electrons. The summed E-state index contributed by atoms with van der Waals surface area (Å²) in [7, 11) is 0. The van der Waals surface area contributed by atoms with Gasteiger partial charge in [-0.3, -0.25) is 9.69 Å². The highest BCUT2D eigenvalue weighted by Crippen LogP contribution is 2.12. The second kappa shape index (κ2) is 8.15. The van der Waals surface area contributed by atoms with Crippen molar-refractivity contribution in [1.29, 1.82) is 0 Å². The monoisotopic (exact) mass is 289 g/mol. The number of piperazine rings is 1. The van der Waals surface area contributed by atoms with Gasteiger partial charge in [-0.05, 0) is 31.4 Å². The lowest BCUT2D eigenvalue weighted by Gasteiger charge is -2.27. The van der Waals surface area contributed by atoms with Crippen LogP contribution in [0.25, 0.3) is 0 Å². The quantitative estimate of drug-likeness (QED) is 0.828. The molecule has 1 aromatic rings. The lowest BCUT2D eigenvalue weighted by Crippen LogP contribution is -2.46. The number of carbonyl (C=O) groups is 1. The third-order valence-electron chi connectivity index (χ3n) is 4.08. The molecule has 0 atom stereocenters. The number of benzene rings is 1. The zero-order valence-electron chi connectivity index (χ0n) is 13.2. The van der Waals surface area contributed by atoms with Crippen molar-refractivity contribution in [3.05, 3.63) is 34.9 Å². The number of carbonyl (C=O) groups excluding carboxylic acids is 1. The van der Waals surface area contributed by atoms with Crippen LogP contribution in [-0.4, -0.2) is 50.1 Å². The summed E-state index contributed by atoms with van der Waals surface area (Å²) in [5.74, 6) is 0.158. The van der Waals surface area contributed by atoms with Gasteiger partial charge >= 0.3 is 0 Å². The highest BCUT2D eigenvalue weighted by molar-refractivity contribution is 5.76. The first kappa shape index (κ1) is 16.0. The van der Waals surface area contributed by atoms with Gasteiger partial charge in [-0.2, -0.15) is 0 Å². The second-order valence-electron chi connectivity index (χ2n) is 5.87. The highest BCUT2D eigenvalue weighted by Gasteiger charge is 2.09. The summed E-state index contributed by atoms with van der Waals surface area (Å²) in [6, 6.07) is 6.43. The fourth-order valence-corrected chi connectivity index (χ4v) is 2.75. The summed E-state index contributed by atoms with van der Waals surface area (Å²) in [4.78, 5) is 14.3. The molecule has 2 rings (SSSR count). The Morgan fingerprint density at radius 2 is 2.05 bits per heavy atom. The van der Waals surface area contributed by atoms with Crippen LogP contribution < -0.4 is 10.6 Å². The van der Waals surface area contributed by atoms with Gasteiger partial charge in [0.1, 0.15) is 0 Å². The lowest BCUT2D eigenvalue weighted by atomic mass is 10.0. The topological polar surface area (TPSA) is 44.4 Å². The SMILES string of the molecule is Cc1ccc(CCC(=O)NCCN2CCNCC2)c(C)c1. The molecule has 0 bridgehead atoms. The van der Waals surface area contributed by atoms with Crippen molar-refractivity contribution in [1.82, 2.24) is 15.5 Å². The molecule has 4 heteroatoms. The number of nitrogens with one attached hydrogen (secondary N) is 2. The normalized spacial score (nSPS) is 15.9. The summed E-state index contributed by atoms with van der Waals surface area (Å²) in [5.41, 5.74) is 3.83. The largest absolute Gasteiger partial charge is 0.355 e. The van der Waals surface area contributed by atoms with Gasteiger partial charge in [0.15, 0.2) is 0 Å². The smallest absolute Gasteiger partial charge is 0.220 e. The van der Waals surface area contributed by atoms with Crippen molar-refractivity contribution in [2.24, 2.45) is 0 Å². The zero-order chi connectivity index (χ0) is 15.1. The molecule has 116 valence electrons. The van der Waals surface area contributed by atoms with E-state index in [0.29, 0.717) is 6.42 Å². The molecule has 1 aromatic carbocycles. The van der Waals surface area contributed by atoms with E-state index in [1.165, 1.54) is 16.7 Å². The van der Waals surface area contributed by atoms with Crippen molar-refractivity contribution in [3.63, 3.8) is 0 Å². The fraction of sp³-hybridized carbons (Fsp3) is 0.588. The van der Waals surface area contributed by atoms with E-state index >= 15 is 0 Å². The average molecular weight is 289 g/mol. The fourth-order valence-electron chi connectivity index (χ4n) is 2.75. The Kier molecular flexibility index (Phi) is 6.21. The Morgan fingerprint density at radius 3 is 2.76 bits per heavy atom. The third kappa shape index (κ3) is 5.48. The van der Waals surface area contributed by atoms with E-state index in [-0.39, 0.29) is 5.91 Å². The van der Waals surface area contributed by atoms with E-state index < -0.39 is 0 Å². The van der Waals surface area contributed by atoms with E-state index in [1.807, 2.05) is 0 Å². The Morgan fingerprint density at radius 1 is 1.29 bits per heavy atom. The van der Waals surface area contributed by atoms with Crippen LogP contribution in [0.1, 0.15) is 23.1 Å². The van der Waals surface area contributed by atoms with E-state index in [4.69, 9.17) is 0 Å². The molecule has 0 aliphatic carbocycles. The predicted octanol–water partition coefficient (Wildman–Crippen LogP) is 1.26. The lowest BCUT2D eigenvalue weighted by molar-refractivity contribution is -0.121. The van der Waals surface area contributed by atoms with Crippen LogP contribution >= 0.6 is 0 Å². The molecule has 1 heterocycles. The van der Waals surface area contributed by atoms with Crippen LogP contribution in [0.5, 0.6) is 0 Å². The Hall–Kier alpha value is -1.39. The van der Waals surface area contributed by atoms with E-state index in [9.17, 15) is 4.79 Å². The molecule has 0 spiro atoms. The molecule has 4 nitrogen and oxygen atoms in total. The zero-order valence-corrected chi connectivity index (χ0v) is 13.2.